The van der Waals surface area contributed by atoms with E-state index in [4.69, 9.17) is 17.2 Å². The highest BCUT2D eigenvalue weighted by Gasteiger charge is 2.06. The summed E-state index contributed by atoms with van der Waals surface area (Å²) in [7, 11) is 0. The summed E-state index contributed by atoms with van der Waals surface area (Å²) in [5.41, 5.74) is 16.1. The summed E-state index contributed by atoms with van der Waals surface area (Å²) in [6, 6.07) is 2.35. The lowest BCUT2D eigenvalue weighted by molar-refractivity contribution is 0.0995. The van der Waals surface area contributed by atoms with E-state index >= 15 is 0 Å². The second-order valence-corrected chi connectivity index (χ2v) is 3.22. The number of nitrogens with two attached hydrogens (primary N) is 3. The van der Waals surface area contributed by atoms with Gasteiger partial charge in [-0.2, -0.15) is 0 Å². The summed E-state index contributed by atoms with van der Waals surface area (Å²) in [5.74, 6) is -0.295. The predicted octanol–water partition coefficient (Wildman–Crippen LogP) is -1.16. The molecule has 1 aromatic rings. The van der Waals surface area contributed by atoms with E-state index in [1.54, 1.807) is 0 Å². The SMILES string of the molecule is NC(=O)NCCNc1nc(C(N)=O)ccc1N. The van der Waals surface area contributed by atoms with Gasteiger partial charge in [0.15, 0.2) is 0 Å². The standard InChI is InChI=1S/C9H14N6O2/c10-5-1-2-6(7(11)16)15-8(5)13-3-4-14-9(12)17/h1-2H,3-4,10H2,(H2,11,16)(H,13,15)(H3,12,14,17). The molecule has 8 nitrogen and oxygen atoms in total. The maximum Gasteiger partial charge on any atom is 0.312 e. The van der Waals surface area contributed by atoms with Gasteiger partial charge in [-0.15, -0.1) is 0 Å². The van der Waals surface area contributed by atoms with Crippen molar-refractivity contribution in [1.82, 2.24) is 10.3 Å². The van der Waals surface area contributed by atoms with Gasteiger partial charge in [0.05, 0.1) is 5.69 Å². The lowest BCUT2D eigenvalue weighted by Crippen LogP contribution is -2.33. The molecule has 0 fully saturated rings. The Kier molecular flexibility index (Phi) is 4.09. The number of pyridine rings is 1. The second kappa shape index (κ2) is 5.54. The Morgan fingerprint density at radius 2 is 1.94 bits per heavy atom. The number of urea groups is 1. The number of nitrogen functional groups attached to an aromatic ring is 1. The van der Waals surface area contributed by atoms with Crippen LogP contribution in [0.4, 0.5) is 16.3 Å². The van der Waals surface area contributed by atoms with Crippen molar-refractivity contribution in [3.63, 3.8) is 0 Å². The maximum atomic E-state index is 10.9. The summed E-state index contributed by atoms with van der Waals surface area (Å²) >= 11 is 0. The normalized spacial score (nSPS) is 9.65. The van der Waals surface area contributed by atoms with Crippen molar-refractivity contribution < 1.29 is 9.59 Å². The number of nitrogens with zero attached hydrogens (tertiary/aromatic N) is 1. The van der Waals surface area contributed by atoms with Crippen molar-refractivity contribution in [2.24, 2.45) is 11.5 Å². The van der Waals surface area contributed by atoms with E-state index in [0.29, 0.717) is 24.6 Å². The molecule has 8 N–H and O–H groups in total. The van der Waals surface area contributed by atoms with E-state index in [-0.39, 0.29) is 5.69 Å². The van der Waals surface area contributed by atoms with Crippen LogP contribution in [0.15, 0.2) is 12.1 Å². The molecule has 8 heteroatoms. The smallest absolute Gasteiger partial charge is 0.312 e. The quantitative estimate of drug-likeness (QED) is 0.410. The third-order valence-corrected chi connectivity index (χ3v) is 1.90. The molecule has 0 unspecified atom stereocenters. The monoisotopic (exact) mass is 238 g/mol. The van der Waals surface area contributed by atoms with Crippen molar-refractivity contribution >= 4 is 23.4 Å². The van der Waals surface area contributed by atoms with Gasteiger partial charge in [-0.1, -0.05) is 0 Å². The lowest BCUT2D eigenvalue weighted by atomic mass is 10.3. The molecule has 0 aliphatic heterocycles. The number of amides is 3. The molecule has 0 aliphatic carbocycles. The fraction of sp³-hybridized carbons (Fsp3) is 0.222. The summed E-state index contributed by atoms with van der Waals surface area (Å²) in [4.78, 5) is 25.2. The summed E-state index contributed by atoms with van der Waals surface area (Å²) in [6.07, 6.45) is 0. The molecular formula is C9H14N6O2. The number of anilines is 2. The number of carbonyl (C=O) groups is 2. The summed E-state index contributed by atoms with van der Waals surface area (Å²) in [5, 5.41) is 5.24. The van der Waals surface area contributed by atoms with Crippen LogP contribution in [0.25, 0.3) is 0 Å². The number of primary amides is 2. The molecule has 0 aliphatic rings. The molecule has 0 spiro atoms. The largest absolute Gasteiger partial charge is 0.396 e. The van der Waals surface area contributed by atoms with Crippen LogP contribution in [0.2, 0.25) is 0 Å². The first-order valence-electron chi connectivity index (χ1n) is 4.84. The average Bonchev–Trinajstić information content (AvgIpc) is 2.25. The lowest BCUT2D eigenvalue weighted by Gasteiger charge is -2.09. The number of aromatic nitrogens is 1. The minimum atomic E-state index is -0.636. The first kappa shape index (κ1) is 12.6. The number of hydrogen-bond donors (Lipinski definition) is 5. The van der Waals surface area contributed by atoms with E-state index < -0.39 is 11.9 Å². The molecule has 0 bridgehead atoms. The first-order chi connectivity index (χ1) is 8.00. The van der Waals surface area contributed by atoms with Crippen LogP contribution in [0.5, 0.6) is 0 Å². The van der Waals surface area contributed by atoms with Crippen LogP contribution >= 0.6 is 0 Å². The Labute approximate surface area is 97.6 Å². The molecule has 0 saturated carbocycles. The van der Waals surface area contributed by atoms with Crippen molar-refractivity contribution in [2.75, 3.05) is 24.1 Å². The van der Waals surface area contributed by atoms with Crippen molar-refractivity contribution in [2.45, 2.75) is 0 Å². The molecule has 1 aromatic heterocycles. The predicted molar refractivity (Wildman–Crippen MR) is 63.2 cm³/mol. The topological polar surface area (TPSA) is 149 Å². The van der Waals surface area contributed by atoms with Crippen LogP contribution in [0.3, 0.4) is 0 Å². The van der Waals surface area contributed by atoms with Crippen molar-refractivity contribution in [3.8, 4) is 0 Å². The van der Waals surface area contributed by atoms with Gasteiger partial charge in [0.2, 0.25) is 0 Å². The molecule has 1 rings (SSSR count). The zero-order valence-corrected chi connectivity index (χ0v) is 9.06. The fourth-order valence-corrected chi connectivity index (χ4v) is 1.12. The molecule has 0 radical (unpaired) electrons. The number of rotatable bonds is 5. The highest BCUT2D eigenvalue weighted by Crippen LogP contribution is 2.14. The van der Waals surface area contributed by atoms with Crippen molar-refractivity contribution in [1.29, 1.82) is 0 Å². The molecule has 3 amide bonds. The Balaban J connectivity index is 2.60. The Morgan fingerprint density at radius 3 is 2.53 bits per heavy atom. The zero-order valence-electron chi connectivity index (χ0n) is 9.06. The third-order valence-electron chi connectivity index (χ3n) is 1.90. The Morgan fingerprint density at radius 1 is 1.24 bits per heavy atom. The summed E-state index contributed by atoms with van der Waals surface area (Å²) < 4.78 is 0. The van der Waals surface area contributed by atoms with E-state index in [0.717, 1.165) is 0 Å². The number of nitrogens with one attached hydrogen (secondary N) is 2. The first-order valence-corrected chi connectivity index (χ1v) is 4.84. The molecule has 0 atom stereocenters. The van der Waals surface area contributed by atoms with Gasteiger partial charge in [0.1, 0.15) is 11.5 Å². The van der Waals surface area contributed by atoms with Crippen LogP contribution in [-0.4, -0.2) is 30.0 Å². The van der Waals surface area contributed by atoms with Gasteiger partial charge >= 0.3 is 6.03 Å². The van der Waals surface area contributed by atoms with Gasteiger partial charge < -0.3 is 27.8 Å². The molecule has 1 heterocycles. The molecule has 0 aromatic carbocycles. The number of hydrogen-bond acceptors (Lipinski definition) is 5. The third kappa shape index (κ3) is 3.86. The zero-order chi connectivity index (χ0) is 12.8. The van der Waals surface area contributed by atoms with Crippen LogP contribution in [-0.2, 0) is 0 Å². The van der Waals surface area contributed by atoms with E-state index in [1.807, 2.05) is 0 Å². The highest BCUT2D eigenvalue weighted by molar-refractivity contribution is 5.91. The average molecular weight is 238 g/mol. The van der Waals surface area contributed by atoms with E-state index in [2.05, 4.69) is 15.6 Å². The molecule has 92 valence electrons. The Bertz CT molecular complexity index is 433. The maximum absolute atomic E-state index is 10.9. The van der Waals surface area contributed by atoms with Gasteiger partial charge in [0, 0.05) is 13.1 Å². The fourth-order valence-electron chi connectivity index (χ4n) is 1.12. The minimum absolute atomic E-state index is 0.115. The molecular weight excluding hydrogens is 224 g/mol. The van der Waals surface area contributed by atoms with Crippen LogP contribution in [0, 0.1) is 0 Å². The molecule has 0 saturated heterocycles. The van der Waals surface area contributed by atoms with Crippen LogP contribution in [0.1, 0.15) is 10.5 Å². The van der Waals surface area contributed by atoms with Gasteiger partial charge in [-0.05, 0) is 12.1 Å². The summed E-state index contributed by atoms with van der Waals surface area (Å²) in [6.45, 7) is 0.694. The number of carbonyl (C=O) groups excluding carboxylic acids is 2. The second-order valence-electron chi connectivity index (χ2n) is 3.22. The highest BCUT2D eigenvalue weighted by atomic mass is 16.2. The van der Waals surface area contributed by atoms with Gasteiger partial charge in [-0.25, -0.2) is 9.78 Å². The van der Waals surface area contributed by atoms with Gasteiger partial charge in [0.25, 0.3) is 5.91 Å². The molecule has 17 heavy (non-hydrogen) atoms. The van der Waals surface area contributed by atoms with Gasteiger partial charge in [-0.3, -0.25) is 4.79 Å². The van der Waals surface area contributed by atoms with Crippen molar-refractivity contribution in [3.05, 3.63) is 17.8 Å². The van der Waals surface area contributed by atoms with Crippen LogP contribution < -0.4 is 27.8 Å². The Hall–Kier alpha value is -2.51. The van der Waals surface area contributed by atoms with E-state index in [1.165, 1.54) is 12.1 Å². The van der Waals surface area contributed by atoms with E-state index in [9.17, 15) is 9.59 Å². The minimum Gasteiger partial charge on any atom is -0.396 e.